The Labute approximate surface area is 127 Å². The average molecular weight is 285 g/mol. The largest absolute Gasteiger partial charge is 0.310 e. The van der Waals surface area contributed by atoms with Crippen molar-refractivity contribution in [3.05, 3.63) is 71.0 Å². The molecule has 1 nitrogen and oxygen atoms in total. The number of benzene rings is 2. The van der Waals surface area contributed by atoms with E-state index in [1.807, 2.05) is 12.1 Å². The Hall–Kier alpha value is -1.67. The van der Waals surface area contributed by atoms with E-state index in [0.717, 1.165) is 31.4 Å². The van der Waals surface area contributed by atoms with Crippen LogP contribution in [0.4, 0.5) is 4.39 Å². The van der Waals surface area contributed by atoms with Crippen LogP contribution in [0.25, 0.3) is 0 Å². The second kappa shape index (κ2) is 7.94. The van der Waals surface area contributed by atoms with Crippen LogP contribution < -0.4 is 5.32 Å². The van der Waals surface area contributed by atoms with Crippen LogP contribution in [0.3, 0.4) is 0 Å². The number of hydrogen-bond donors (Lipinski definition) is 1. The summed E-state index contributed by atoms with van der Waals surface area (Å²) in [7, 11) is 0. The zero-order valence-corrected chi connectivity index (χ0v) is 12.9. The number of rotatable bonds is 7. The lowest BCUT2D eigenvalue weighted by molar-refractivity contribution is 0.548. The number of nitrogens with one attached hydrogen (secondary N) is 1. The summed E-state index contributed by atoms with van der Waals surface area (Å²) >= 11 is 0. The highest BCUT2D eigenvalue weighted by molar-refractivity contribution is 5.28. The van der Waals surface area contributed by atoms with Gasteiger partial charge < -0.3 is 5.32 Å². The van der Waals surface area contributed by atoms with Crippen LogP contribution in [0.5, 0.6) is 0 Å². The molecule has 0 heterocycles. The molecule has 0 spiro atoms. The van der Waals surface area contributed by atoms with E-state index in [-0.39, 0.29) is 11.9 Å². The fourth-order valence-corrected chi connectivity index (χ4v) is 2.66. The molecular formula is C19H24FN. The van der Waals surface area contributed by atoms with Crippen molar-refractivity contribution >= 4 is 0 Å². The molecule has 0 saturated heterocycles. The van der Waals surface area contributed by atoms with Crippen molar-refractivity contribution in [1.29, 1.82) is 0 Å². The Balaban J connectivity index is 2.17. The lowest BCUT2D eigenvalue weighted by Crippen LogP contribution is -2.23. The molecule has 0 aliphatic rings. The molecule has 1 unspecified atom stereocenters. The van der Waals surface area contributed by atoms with Crippen molar-refractivity contribution in [2.45, 2.75) is 39.2 Å². The first-order valence-electron chi connectivity index (χ1n) is 7.79. The summed E-state index contributed by atoms with van der Waals surface area (Å²) < 4.78 is 13.0. The Kier molecular flexibility index (Phi) is 5.94. The van der Waals surface area contributed by atoms with Gasteiger partial charge in [-0.1, -0.05) is 56.7 Å². The first-order valence-corrected chi connectivity index (χ1v) is 7.79. The maximum absolute atomic E-state index is 13.0. The Bertz CT molecular complexity index is 548. The quantitative estimate of drug-likeness (QED) is 0.779. The lowest BCUT2D eigenvalue weighted by Gasteiger charge is -2.19. The summed E-state index contributed by atoms with van der Waals surface area (Å²) in [5, 5.41) is 3.54. The van der Waals surface area contributed by atoms with Crippen molar-refractivity contribution in [3.63, 3.8) is 0 Å². The van der Waals surface area contributed by atoms with Gasteiger partial charge in [-0.2, -0.15) is 0 Å². The maximum atomic E-state index is 13.0. The first-order chi connectivity index (χ1) is 10.2. The second-order valence-electron chi connectivity index (χ2n) is 5.44. The van der Waals surface area contributed by atoms with Gasteiger partial charge in [0.1, 0.15) is 5.82 Å². The first kappa shape index (κ1) is 15.7. The zero-order chi connectivity index (χ0) is 15.1. The summed E-state index contributed by atoms with van der Waals surface area (Å²) in [6.07, 6.45) is 3.15. The van der Waals surface area contributed by atoms with Crippen molar-refractivity contribution in [1.82, 2.24) is 5.32 Å². The fraction of sp³-hybridized carbons (Fsp3) is 0.368. The zero-order valence-electron chi connectivity index (χ0n) is 12.9. The van der Waals surface area contributed by atoms with E-state index in [2.05, 4.69) is 43.4 Å². The summed E-state index contributed by atoms with van der Waals surface area (Å²) in [5.74, 6) is -0.177. The van der Waals surface area contributed by atoms with Gasteiger partial charge in [-0.3, -0.25) is 0 Å². The van der Waals surface area contributed by atoms with E-state index in [4.69, 9.17) is 0 Å². The molecule has 2 aromatic carbocycles. The number of aryl methyl sites for hydroxylation is 1. The Morgan fingerprint density at radius 2 is 1.76 bits per heavy atom. The Morgan fingerprint density at radius 1 is 1.00 bits per heavy atom. The summed E-state index contributed by atoms with van der Waals surface area (Å²) in [4.78, 5) is 0. The molecule has 0 saturated carbocycles. The molecule has 1 atom stereocenters. The fourth-order valence-electron chi connectivity index (χ4n) is 2.66. The van der Waals surface area contributed by atoms with E-state index in [1.54, 1.807) is 0 Å². The van der Waals surface area contributed by atoms with E-state index >= 15 is 0 Å². The predicted octanol–water partition coefficient (Wildman–Crippen LogP) is 4.67. The number of likely N-dealkylation sites (N-methyl/N-ethyl adjacent to an activating group) is 1. The topological polar surface area (TPSA) is 12.0 Å². The van der Waals surface area contributed by atoms with E-state index in [0.29, 0.717) is 0 Å². The molecule has 0 aliphatic heterocycles. The van der Waals surface area contributed by atoms with Crippen LogP contribution in [0.2, 0.25) is 0 Å². The highest BCUT2D eigenvalue weighted by Gasteiger charge is 2.11. The highest BCUT2D eigenvalue weighted by atomic mass is 19.1. The second-order valence-corrected chi connectivity index (χ2v) is 5.44. The minimum atomic E-state index is -0.177. The van der Waals surface area contributed by atoms with Crippen LogP contribution in [-0.2, 0) is 12.8 Å². The van der Waals surface area contributed by atoms with Gasteiger partial charge in [-0.05, 0) is 48.2 Å². The van der Waals surface area contributed by atoms with E-state index in [1.165, 1.54) is 23.3 Å². The number of hydrogen-bond acceptors (Lipinski definition) is 1. The molecule has 0 aromatic heterocycles. The lowest BCUT2D eigenvalue weighted by atomic mass is 9.96. The maximum Gasteiger partial charge on any atom is 0.123 e. The predicted molar refractivity (Wildman–Crippen MR) is 87.0 cm³/mol. The van der Waals surface area contributed by atoms with Gasteiger partial charge >= 0.3 is 0 Å². The molecule has 2 aromatic rings. The molecule has 0 radical (unpaired) electrons. The summed E-state index contributed by atoms with van der Waals surface area (Å²) in [6, 6.07) is 15.9. The molecule has 0 aliphatic carbocycles. The van der Waals surface area contributed by atoms with Crippen LogP contribution in [0.15, 0.2) is 48.5 Å². The molecule has 112 valence electrons. The Morgan fingerprint density at radius 3 is 2.43 bits per heavy atom. The molecule has 2 heteroatoms. The summed E-state index contributed by atoms with van der Waals surface area (Å²) in [5.41, 5.74) is 3.85. The molecule has 0 fully saturated rings. The molecule has 0 bridgehead atoms. The van der Waals surface area contributed by atoms with Crippen molar-refractivity contribution in [2.24, 2.45) is 0 Å². The third kappa shape index (κ3) is 4.68. The van der Waals surface area contributed by atoms with Gasteiger partial charge in [-0.25, -0.2) is 4.39 Å². The molecule has 1 N–H and O–H groups in total. The summed E-state index contributed by atoms with van der Waals surface area (Å²) in [6.45, 7) is 5.24. The third-order valence-corrected chi connectivity index (χ3v) is 3.70. The van der Waals surface area contributed by atoms with E-state index < -0.39 is 0 Å². The van der Waals surface area contributed by atoms with Crippen molar-refractivity contribution in [2.75, 3.05) is 6.54 Å². The van der Waals surface area contributed by atoms with Gasteiger partial charge in [0.15, 0.2) is 0 Å². The van der Waals surface area contributed by atoms with Crippen molar-refractivity contribution in [3.8, 4) is 0 Å². The molecule has 21 heavy (non-hydrogen) atoms. The highest BCUT2D eigenvalue weighted by Crippen LogP contribution is 2.20. The van der Waals surface area contributed by atoms with Gasteiger partial charge in [0, 0.05) is 6.04 Å². The van der Waals surface area contributed by atoms with Crippen LogP contribution in [0.1, 0.15) is 43.0 Å². The SMILES string of the molecule is CCCc1cccc(C(Cc2ccc(F)cc2)NCC)c1. The minimum Gasteiger partial charge on any atom is -0.310 e. The standard InChI is InChI=1S/C19H24FN/c1-3-6-15-7-5-8-17(13-15)19(21-4-2)14-16-9-11-18(20)12-10-16/h5,7-13,19,21H,3-4,6,14H2,1-2H3. The van der Waals surface area contributed by atoms with Gasteiger partial charge in [0.2, 0.25) is 0 Å². The van der Waals surface area contributed by atoms with Crippen molar-refractivity contribution < 1.29 is 4.39 Å². The minimum absolute atomic E-state index is 0.177. The average Bonchev–Trinajstić information content (AvgIpc) is 2.50. The van der Waals surface area contributed by atoms with Gasteiger partial charge in [-0.15, -0.1) is 0 Å². The van der Waals surface area contributed by atoms with Gasteiger partial charge in [0.05, 0.1) is 0 Å². The normalized spacial score (nSPS) is 12.3. The smallest absolute Gasteiger partial charge is 0.123 e. The van der Waals surface area contributed by atoms with E-state index in [9.17, 15) is 4.39 Å². The van der Waals surface area contributed by atoms with Crippen LogP contribution in [0, 0.1) is 5.82 Å². The van der Waals surface area contributed by atoms with Gasteiger partial charge in [0.25, 0.3) is 0 Å². The molecular weight excluding hydrogens is 261 g/mol. The van der Waals surface area contributed by atoms with Crippen LogP contribution in [-0.4, -0.2) is 6.54 Å². The third-order valence-electron chi connectivity index (χ3n) is 3.70. The molecule has 0 amide bonds. The molecule has 2 rings (SSSR count). The monoisotopic (exact) mass is 285 g/mol. The van der Waals surface area contributed by atoms with Crippen LogP contribution >= 0.6 is 0 Å². The number of halogens is 1.